The predicted octanol–water partition coefficient (Wildman–Crippen LogP) is 5.40. The molecule has 2 aromatic rings. The first-order valence-electron chi connectivity index (χ1n) is 17.6. The second-order valence-electron chi connectivity index (χ2n) is 14.6. The van der Waals surface area contributed by atoms with Crippen molar-refractivity contribution in [3.8, 4) is 0 Å². The summed E-state index contributed by atoms with van der Waals surface area (Å²) < 4.78 is 10.4. The van der Waals surface area contributed by atoms with E-state index in [1.807, 2.05) is 74.5 Å². The Morgan fingerprint density at radius 1 is 0.720 bits per heavy atom. The van der Waals surface area contributed by atoms with Gasteiger partial charge >= 0.3 is 12.1 Å². The number of ether oxygens (including phenoxy) is 2. The summed E-state index contributed by atoms with van der Waals surface area (Å²) in [4.78, 5) is 65.0. The van der Waals surface area contributed by atoms with Crippen LogP contribution in [-0.4, -0.2) is 65.7 Å². The van der Waals surface area contributed by atoms with E-state index in [0.29, 0.717) is 32.1 Å². The summed E-state index contributed by atoms with van der Waals surface area (Å²) in [6, 6.07) is 17.7. The molecule has 4 amide bonds. The highest BCUT2D eigenvalue weighted by atomic mass is 16.6. The number of carbonyl (C=O) groups excluding carboxylic acids is 5. The molecule has 11 heteroatoms. The van der Waals surface area contributed by atoms with Crippen molar-refractivity contribution in [1.82, 2.24) is 21.3 Å². The summed E-state index contributed by atoms with van der Waals surface area (Å²) in [6.45, 7) is 14.4. The molecule has 0 aromatic heterocycles. The SMILES string of the molecule is CCOC(=O)CC[C@H](Cc1ccccc1)NC(=O)[C@H](CC(C)C)NC(=O)CC[C@H](Cc1ccccc1)NC(=O)C(C)(C)NC(=O)OC(C)(C)C. The minimum Gasteiger partial charge on any atom is -0.466 e. The molecule has 0 spiro atoms. The van der Waals surface area contributed by atoms with Crippen LogP contribution in [0.4, 0.5) is 4.79 Å². The van der Waals surface area contributed by atoms with E-state index in [4.69, 9.17) is 9.47 Å². The molecule has 0 radical (unpaired) electrons. The van der Waals surface area contributed by atoms with E-state index >= 15 is 0 Å². The van der Waals surface area contributed by atoms with Crippen molar-refractivity contribution in [3.05, 3.63) is 71.8 Å². The lowest BCUT2D eigenvalue weighted by molar-refractivity contribution is -0.143. The Bertz CT molecular complexity index is 1370. The van der Waals surface area contributed by atoms with Gasteiger partial charge in [-0.15, -0.1) is 0 Å². The molecule has 2 aromatic carbocycles. The molecule has 0 heterocycles. The lowest BCUT2D eigenvalue weighted by Crippen LogP contribution is -2.57. The first kappa shape index (κ1) is 41.8. The van der Waals surface area contributed by atoms with E-state index in [-0.39, 0.29) is 49.2 Å². The summed E-state index contributed by atoms with van der Waals surface area (Å²) in [5, 5.41) is 11.7. The molecule has 2 rings (SSSR count). The standard InChI is InChI=1S/C39H58N4O7/c1-9-49-34(45)23-21-30(25-28-16-12-10-13-17-28)40-35(46)32(24-27(2)3)42-33(44)22-20-31(26-29-18-14-11-15-19-29)41-36(47)39(7,8)43-37(48)50-38(4,5)6/h10-19,27,30-32H,9,20-26H2,1-8H3,(H,40,46)(H,41,47)(H,42,44)(H,43,48)/t30-,31-,32+/m1/s1. The van der Waals surface area contributed by atoms with Gasteiger partial charge in [-0.05, 0) is 90.7 Å². The van der Waals surface area contributed by atoms with Crippen molar-refractivity contribution in [2.75, 3.05) is 6.61 Å². The zero-order chi connectivity index (χ0) is 37.3. The van der Waals surface area contributed by atoms with Crippen molar-refractivity contribution in [2.24, 2.45) is 5.92 Å². The van der Waals surface area contributed by atoms with Crippen LogP contribution in [-0.2, 0) is 41.5 Å². The van der Waals surface area contributed by atoms with Crippen LogP contribution >= 0.6 is 0 Å². The highest BCUT2D eigenvalue weighted by Gasteiger charge is 2.33. The molecule has 0 unspecified atom stereocenters. The molecule has 0 saturated heterocycles. The Kier molecular flexibility index (Phi) is 17.0. The molecule has 0 fully saturated rings. The summed E-state index contributed by atoms with van der Waals surface area (Å²) in [5.74, 6) is -1.28. The quantitative estimate of drug-likeness (QED) is 0.144. The average molecular weight is 695 g/mol. The summed E-state index contributed by atoms with van der Waals surface area (Å²) in [5.41, 5.74) is -0.0263. The molecule has 11 nitrogen and oxygen atoms in total. The summed E-state index contributed by atoms with van der Waals surface area (Å²) in [6.07, 6.45) is 1.58. The van der Waals surface area contributed by atoms with Crippen molar-refractivity contribution < 1.29 is 33.4 Å². The van der Waals surface area contributed by atoms with Crippen LogP contribution in [0.2, 0.25) is 0 Å². The van der Waals surface area contributed by atoms with Crippen LogP contribution < -0.4 is 21.3 Å². The molecule has 0 bridgehead atoms. The highest BCUT2D eigenvalue weighted by molar-refractivity contribution is 5.90. The van der Waals surface area contributed by atoms with Gasteiger partial charge in [-0.3, -0.25) is 19.2 Å². The smallest absolute Gasteiger partial charge is 0.408 e. The third-order valence-electron chi connectivity index (χ3n) is 7.79. The second kappa shape index (κ2) is 20.3. The number of alkyl carbamates (subject to hydrolysis) is 1. The van der Waals surface area contributed by atoms with Gasteiger partial charge in [-0.2, -0.15) is 0 Å². The molecule has 4 N–H and O–H groups in total. The highest BCUT2D eigenvalue weighted by Crippen LogP contribution is 2.15. The number of carbonyl (C=O) groups is 5. The van der Waals surface area contributed by atoms with Crippen LogP contribution in [0.25, 0.3) is 0 Å². The minimum atomic E-state index is -1.29. The Morgan fingerprint density at radius 3 is 1.74 bits per heavy atom. The van der Waals surface area contributed by atoms with E-state index in [2.05, 4.69) is 21.3 Å². The van der Waals surface area contributed by atoms with Gasteiger partial charge < -0.3 is 30.7 Å². The van der Waals surface area contributed by atoms with Crippen molar-refractivity contribution in [1.29, 1.82) is 0 Å². The Morgan fingerprint density at radius 2 is 1.24 bits per heavy atom. The number of esters is 1. The molecule has 0 saturated carbocycles. The van der Waals surface area contributed by atoms with E-state index in [1.165, 1.54) is 0 Å². The maximum Gasteiger partial charge on any atom is 0.408 e. The van der Waals surface area contributed by atoms with Crippen LogP contribution in [0, 0.1) is 5.92 Å². The van der Waals surface area contributed by atoms with Gasteiger partial charge in [0.1, 0.15) is 17.2 Å². The number of benzene rings is 2. The van der Waals surface area contributed by atoms with Gasteiger partial charge in [0.05, 0.1) is 6.61 Å². The zero-order valence-electron chi connectivity index (χ0n) is 31.1. The summed E-state index contributed by atoms with van der Waals surface area (Å²) in [7, 11) is 0. The fraction of sp³-hybridized carbons (Fsp3) is 0.564. The van der Waals surface area contributed by atoms with Gasteiger partial charge in [0, 0.05) is 24.9 Å². The maximum absolute atomic E-state index is 13.7. The van der Waals surface area contributed by atoms with E-state index in [9.17, 15) is 24.0 Å². The first-order valence-corrected chi connectivity index (χ1v) is 17.6. The van der Waals surface area contributed by atoms with Crippen molar-refractivity contribution in [2.45, 2.75) is 130 Å². The largest absolute Gasteiger partial charge is 0.466 e. The number of rotatable bonds is 19. The normalized spacial score (nSPS) is 13.4. The number of hydrogen-bond donors (Lipinski definition) is 4. The van der Waals surface area contributed by atoms with Crippen LogP contribution in [0.3, 0.4) is 0 Å². The van der Waals surface area contributed by atoms with Crippen LogP contribution in [0.5, 0.6) is 0 Å². The van der Waals surface area contributed by atoms with Crippen molar-refractivity contribution >= 4 is 29.8 Å². The molecule has 3 atom stereocenters. The molecular formula is C39H58N4O7. The van der Waals surface area contributed by atoms with Gasteiger partial charge in [0.25, 0.3) is 0 Å². The van der Waals surface area contributed by atoms with E-state index in [1.54, 1.807) is 41.5 Å². The minimum absolute atomic E-state index is 0.0515. The van der Waals surface area contributed by atoms with E-state index in [0.717, 1.165) is 11.1 Å². The number of amides is 4. The molecule has 0 aliphatic rings. The molecular weight excluding hydrogens is 636 g/mol. The third kappa shape index (κ3) is 16.8. The second-order valence-corrected chi connectivity index (χ2v) is 14.6. The molecule has 276 valence electrons. The Hall–Kier alpha value is -4.41. The lowest BCUT2D eigenvalue weighted by atomic mass is 9.98. The van der Waals surface area contributed by atoms with Gasteiger partial charge in [-0.25, -0.2) is 4.79 Å². The lowest BCUT2D eigenvalue weighted by Gasteiger charge is -2.30. The molecule has 0 aliphatic carbocycles. The fourth-order valence-electron chi connectivity index (χ4n) is 5.33. The summed E-state index contributed by atoms with van der Waals surface area (Å²) >= 11 is 0. The maximum atomic E-state index is 13.7. The van der Waals surface area contributed by atoms with Crippen molar-refractivity contribution in [3.63, 3.8) is 0 Å². The van der Waals surface area contributed by atoms with Gasteiger partial charge in [0.15, 0.2) is 0 Å². The third-order valence-corrected chi connectivity index (χ3v) is 7.79. The molecule has 0 aliphatic heterocycles. The van der Waals surface area contributed by atoms with Crippen LogP contribution in [0.1, 0.15) is 98.6 Å². The topological polar surface area (TPSA) is 152 Å². The number of hydrogen-bond acceptors (Lipinski definition) is 7. The van der Waals surface area contributed by atoms with E-state index < -0.39 is 35.2 Å². The fourth-order valence-corrected chi connectivity index (χ4v) is 5.33. The number of nitrogens with one attached hydrogen (secondary N) is 4. The van der Waals surface area contributed by atoms with Gasteiger partial charge in [-0.1, -0.05) is 74.5 Å². The monoisotopic (exact) mass is 694 g/mol. The zero-order valence-corrected chi connectivity index (χ0v) is 31.1. The molecule has 50 heavy (non-hydrogen) atoms. The predicted molar refractivity (Wildman–Crippen MR) is 194 cm³/mol. The Balaban J connectivity index is 2.14. The Labute approximate surface area is 298 Å². The van der Waals surface area contributed by atoms with Crippen LogP contribution in [0.15, 0.2) is 60.7 Å². The first-order chi connectivity index (χ1) is 23.5. The average Bonchev–Trinajstić information content (AvgIpc) is 3.01. The van der Waals surface area contributed by atoms with Gasteiger partial charge in [0.2, 0.25) is 17.7 Å².